The molecule has 0 spiro atoms. The summed E-state index contributed by atoms with van der Waals surface area (Å²) in [5, 5.41) is 0. The maximum absolute atomic E-state index is 12.2. The van der Waals surface area contributed by atoms with Gasteiger partial charge in [0.15, 0.2) is 11.5 Å². The number of hydrogen-bond acceptors (Lipinski definition) is 6. The second-order valence-corrected chi connectivity index (χ2v) is 6.47. The minimum atomic E-state index is -0.268. The first-order chi connectivity index (χ1) is 13.1. The number of carbonyl (C=O) groups excluding carboxylic acids is 1. The van der Waals surface area contributed by atoms with E-state index in [0.29, 0.717) is 36.4 Å². The molecular weight excluding hydrogens is 384 g/mol. The van der Waals surface area contributed by atoms with Gasteiger partial charge in [0.1, 0.15) is 19.0 Å². The van der Waals surface area contributed by atoms with Crippen LogP contribution in [0.4, 0.5) is 4.79 Å². The number of halogens is 1. The van der Waals surface area contributed by atoms with Crippen molar-refractivity contribution in [3.8, 4) is 17.2 Å². The van der Waals surface area contributed by atoms with Crippen LogP contribution in [0.3, 0.4) is 0 Å². The highest BCUT2D eigenvalue weighted by molar-refractivity contribution is 5.85. The lowest BCUT2D eigenvalue weighted by molar-refractivity contribution is 0.0553. The van der Waals surface area contributed by atoms with Crippen LogP contribution < -0.4 is 14.2 Å². The zero-order valence-electron chi connectivity index (χ0n) is 17.3. The third kappa shape index (κ3) is 6.63. The van der Waals surface area contributed by atoms with Gasteiger partial charge in [-0.3, -0.25) is 4.90 Å². The van der Waals surface area contributed by atoms with Crippen molar-refractivity contribution < 1.29 is 23.7 Å². The molecule has 0 radical (unpaired) electrons. The van der Waals surface area contributed by atoms with E-state index in [-0.39, 0.29) is 31.7 Å². The van der Waals surface area contributed by atoms with E-state index in [9.17, 15) is 4.79 Å². The van der Waals surface area contributed by atoms with Gasteiger partial charge in [0.05, 0.1) is 14.2 Å². The molecule has 0 atom stereocenters. The molecule has 1 aromatic rings. The van der Waals surface area contributed by atoms with Crippen LogP contribution in [0.2, 0.25) is 0 Å². The van der Waals surface area contributed by atoms with Crippen LogP contribution in [0.1, 0.15) is 26.7 Å². The number of hydrogen-bond donors (Lipinski definition) is 0. The smallest absolute Gasteiger partial charge is 0.409 e. The van der Waals surface area contributed by atoms with Gasteiger partial charge >= 0.3 is 6.09 Å². The molecule has 8 heteroatoms. The average molecular weight is 417 g/mol. The molecule has 7 nitrogen and oxygen atoms in total. The molecule has 1 aliphatic rings. The zero-order valence-corrected chi connectivity index (χ0v) is 18.1. The fourth-order valence-electron chi connectivity index (χ4n) is 3.36. The third-order valence-corrected chi connectivity index (χ3v) is 4.96. The summed E-state index contributed by atoms with van der Waals surface area (Å²) in [6.07, 6.45) is 2.03. The van der Waals surface area contributed by atoms with Crippen LogP contribution in [-0.4, -0.2) is 75.5 Å². The summed E-state index contributed by atoms with van der Waals surface area (Å²) in [4.78, 5) is 16.4. The maximum atomic E-state index is 12.2. The Bertz CT molecular complexity index is 590. The van der Waals surface area contributed by atoms with E-state index in [4.69, 9.17) is 18.9 Å². The Morgan fingerprint density at radius 3 is 2.21 bits per heavy atom. The van der Waals surface area contributed by atoms with Gasteiger partial charge < -0.3 is 23.8 Å². The summed E-state index contributed by atoms with van der Waals surface area (Å²) in [5.41, 5.74) is 0. The van der Waals surface area contributed by atoms with Gasteiger partial charge in [0.25, 0.3) is 0 Å². The van der Waals surface area contributed by atoms with Crippen LogP contribution in [0.5, 0.6) is 17.2 Å². The molecule has 0 bridgehead atoms. The highest BCUT2D eigenvalue weighted by Crippen LogP contribution is 2.30. The molecule has 0 saturated carbocycles. The first-order valence-electron chi connectivity index (χ1n) is 9.63. The molecule has 0 N–H and O–H groups in total. The van der Waals surface area contributed by atoms with Crippen molar-refractivity contribution in [2.24, 2.45) is 0 Å². The van der Waals surface area contributed by atoms with E-state index in [2.05, 4.69) is 18.7 Å². The van der Waals surface area contributed by atoms with Gasteiger partial charge in [-0.1, -0.05) is 13.8 Å². The van der Waals surface area contributed by atoms with Crippen molar-refractivity contribution in [2.45, 2.75) is 32.7 Å². The van der Waals surface area contributed by atoms with Crippen molar-refractivity contribution in [1.82, 2.24) is 9.80 Å². The summed E-state index contributed by atoms with van der Waals surface area (Å²) < 4.78 is 21.4. The van der Waals surface area contributed by atoms with Crippen LogP contribution in [0.15, 0.2) is 18.2 Å². The van der Waals surface area contributed by atoms with Crippen LogP contribution >= 0.6 is 12.4 Å². The molecular formula is C20H33ClN2O5. The molecule has 1 heterocycles. The Kier molecular flexibility index (Phi) is 10.9. The quantitative estimate of drug-likeness (QED) is 0.574. The summed E-state index contributed by atoms with van der Waals surface area (Å²) in [7, 11) is 3.16. The second kappa shape index (κ2) is 12.6. The largest absolute Gasteiger partial charge is 0.493 e. The van der Waals surface area contributed by atoms with E-state index in [1.165, 1.54) is 0 Å². The molecule has 1 amide bonds. The molecule has 1 aromatic carbocycles. The van der Waals surface area contributed by atoms with Crippen LogP contribution in [-0.2, 0) is 4.74 Å². The van der Waals surface area contributed by atoms with Gasteiger partial charge in [-0.05, 0) is 25.0 Å². The van der Waals surface area contributed by atoms with E-state index in [0.717, 1.165) is 25.9 Å². The summed E-state index contributed by atoms with van der Waals surface area (Å²) in [5.74, 6) is 1.88. The predicted molar refractivity (Wildman–Crippen MR) is 111 cm³/mol. The fraction of sp³-hybridized carbons (Fsp3) is 0.650. The first-order valence-corrected chi connectivity index (χ1v) is 9.63. The maximum Gasteiger partial charge on any atom is 0.409 e. The molecule has 28 heavy (non-hydrogen) atoms. The molecule has 1 aliphatic heterocycles. The zero-order chi connectivity index (χ0) is 19.6. The Hall–Kier alpha value is -1.86. The number of benzene rings is 1. The number of amides is 1. The van der Waals surface area contributed by atoms with Gasteiger partial charge in [0.2, 0.25) is 0 Å². The van der Waals surface area contributed by atoms with E-state index < -0.39 is 0 Å². The van der Waals surface area contributed by atoms with Gasteiger partial charge in [0, 0.05) is 38.3 Å². The van der Waals surface area contributed by atoms with Crippen molar-refractivity contribution in [3.05, 3.63) is 18.2 Å². The molecule has 1 saturated heterocycles. The van der Waals surface area contributed by atoms with Crippen molar-refractivity contribution in [2.75, 3.05) is 53.6 Å². The van der Waals surface area contributed by atoms with Crippen LogP contribution in [0.25, 0.3) is 0 Å². The first kappa shape index (κ1) is 24.2. The Morgan fingerprint density at radius 2 is 1.64 bits per heavy atom. The molecule has 1 fully saturated rings. The number of ether oxygens (including phenoxy) is 4. The summed E-state index contributed by atoms with van der Waals surface area (Å²) in [6.45, 7) is 8.17. The average Bonchev–Trinajstić information content (AvgIpc) is 2.72. The predicted octanol–water partition coefficient (Wildman–Crippen LogP) is 3.45. The minimum absolute atomic E-state index is 0. The normalized spacial score (nSPS) is 14.4. The third-order valence-electron chi connectivity index (χ3n) is 4.96. The number of methoxy groups -OCH3 is 2. The fourth-order valence-corrected chi connectivity index (χ4v) is 3.36. The lowest BCUT2D eigenvalue weighted by Crippen LogP contribution is -2.52. The highest BCUT2D eigenvalue weighted by atomic mass is 35.5. The topological polar surface area (TPSA) is 60.5 Å². The standard InChI is InChI=1S/C20H32N2O5.ClH/c1-5-16(6-2)21-9-11-22(12-10-21)20(23)27-14-13-26-17-7-8-18(24-3)19(15-17)25-4;/h7-8,15-16H,5-6,9-14H2,1-4H3;1H. The number of rotatable bonds is 9. The molecule has 0 unspecified atom stereocenters. The van der Waals surface area contributed by atoms with Crippen molar-refractivity contribution in [3.63, 3.8) is 0 Å². The lowest BCUT2D eigenvalue weighted by Gasteiger charge is -2.38. The highest BCUT2D eigenvalue weighted by Gasteiger charge is 2.25. The van der Waals surface area contributed by atoms with Gasteiger partial charge in [-0.25, -0.2) is 4.79 Å². The Morgan fingerprint density at radius 1 is 1.00 bits per heavy atom. The van der Waals surface area contributed by atoms with E-state index in [1.807, 2.05) is 0 Å². The van der Waals surface area contributed by atoms with Crippen molar-refractivity contribution in [1.29, 1.82) is 0 Å². The number of piperazine rings is 1. The Labute approximate surface area is 174 Å². The number of carbonyl (C=O) groups is 1. The summed E-state index contributed by atoms with van der Waals surface area (Å²) >= 11 is 0. The summed E-state index contributed by atoms with van der Waals surface area (Å²) in [6, 6.07) is 5.93. The van der Waals surface area contributed by atoms with E-state index >= 15 is 0 Å². The Balaban J connectivity index is 0.00000392. The second-order valence-electron chi connectivity index (χ2n) is 6.47. The van der Waals surface area contributed by atoms with Crippen LogP contribution in [0, 0.1) is 0 Å². The molecule has 0 aromatic heterocycles. The SMILES string of the molecule is CCC(CC)N1CCN(C(=O)OCCOc2ccc(OC)c(OC)c2)CC1.Cl. The molecule has 160 valence electrons. The van der Waals surface area contributed by atoms with Gasteiger partial charge in [-0.15, -0.1) is 12.4 Å². The minimum Gasteiger partial charge on any atom is -0.493 e. The molecule has 0 aliphatic carbocycles. The van der Waals surface area contributed by atoms with E-state index in [1.54, 1.807) is 37.3 Å². The lowest BCUT2D eigenvalue weighted by atomic mass is 10.1. The molecule has 2 rings (SSSR count). The number of nitrogens with zero attached hydrogens (tertiary/aromatic N) is 2. The van der Waals surface area contributed by atoms with Crippen molar-refractivity contribution >= 4 is 18.5 Å². The monoisotopic (exact) mass is 416 g/mol. The van der Waals surface area contributed by atoms with Gasteiger partial charge in [-0.2, -0.15) is 0 Å².